The predicted octanol–water partition coefficient (Wildman–Crippen LogP) is 2.80. The van der Waals surface area contributed by atoms with Crippen LogP contribution >= 0.6 is 0 Å². The van der Waals surface area contributed by atoms with E-state index in [1.807, 2.05) is 6.92 Å². The molecule has 0 aliphatic rings. The number of aliphatic hydroxyl groups is 1. The highest BCUT2D eigenvalue weighted by Gasteiger charge is 2.24. The summed E-state index contributed by atoms with van der Waals surface area (Å²) >= 11 is 0. The van der Waals surface area contributed by atoms with E-state index in [0.717, 1.165) is 12.1 Å². The summed E-state index contributed by atoms with van der Waals surface area (Å²) in [5.41, 5.74) is -0.910. The van der Waals surface area contributed by atoms with Gasteiger partial charge in [-0.05, 0) is 31.9 Å². The van der Waals surface area contributed by atoms with Gasteiger partial charge in [0.1, 0.15) is 5.69 Å². The maximum absolute atomic E-state index is 13.7. The van der Waals surface area contributed by atoms with Gasteiger partial charge < -0.3 is 10.4 Å². The van der Waals surface area contributed by atoms with Gasteiger partial charge in [0.25, 0.3) is 0 Å². The normalized spacial score (nSPS) is 13.8. The van der Waals surface area contributed by atoms with Crippen molar-refractivity contribution in [3.05, 3.63) is 29.3 Å². The standard InChI is InChI=1S/C13H16F2N2O/c1-3-13(2,4-5-18)17-12-10(14)6-9(8-16)7-11(12)15/h6-7,17-18H,3-5H2,1-2H3. The minimum atomic E-state index is -0.802. The summed E-state index contributed by atoms with van der Waals surface area (Å²) in [7, 11) is 0. The summed E-state index contributed by atoms with van der Waals surface area (Å²) in [5.74, 6) is -1.60. The van der Waals surface area contributed by atoms with Crippen LogP contribution in [-0.2, 0) is 0 Å². The lowest BCUT2D eigenvalue weighted by Crippen LogP contribution is -2.35. The molecule has 0 spiro atoms. The van der Waals surface area contributed by atoms with Gasteiger partial charge in [-0.3, -0.25) is 0 Å². The largest absolute Gasteiger partial charge is 0.396 e. The van der Waals surface area contributed by atoms with E-state index in [0.29, 0.717) is 12.8 Å². The number of nitrogens with zero attached hydrogens (tertiary/aromatic N) is 1. The first-order chi connectivity index (χ1) is 8.45. The average molecular weight is 254 g/mol. The van der Waals surface area contributed by atoms with E-state index in [2.05, 4.69) is 5.32 Å². The molecule has 0 aliphatic heterocycles. The van der Waals surface area contributed by atoms with Gasteiger partial charge in [-0.15, -0.1) is 0 Å². The lowest BCUT2D eigenvalue weighted by molar-refractivity contribution is 0.251. The minimum absolute atomic E-state index is 0.0593. The molecule has 18 heavy (non-hydrogen) atoms. The number of nitriles is 1. The van der Waals surface area contributed by atoms with E-state index in [4.69, 9.17) is 10.4 Å². The van der Waals surface area contributed by atoms with Crippen molar-refractivity contribution >= 4 is 5.69 Å². The molecule has 0 bridgehead atoms. The molecule has 0 heterocycles. The van der Waals surface area contributed by atoms with E-state index in [9.17, 15) is 8.78 Å². The third-order valence-corrected chi connectivity index (χ3v) is 3.04. The summed E-state index contributed by atoms with van der Waals surface area (Å²) < 4.78 is 27.4. The molecule has 0 amide bonds. The zero-order chi connectivity index (χ0) is 13.8. The number of hydrogen-bond acceptors (Lipinski definition) is 3. The highest BCUT2D eigenvalue weighted by atomic mass is 19.1. The molecule has 1 rings (SSSR count). The Hall–Kier alpha value is -1.67. The third-order valence-electron chi connectivity index (χ3n) is 3.04. The van der Waals surface area contributed by atoms with Crippen LogP contribution in [0, 0.1) is 23.0 Å². The molecule has 98 valence electrons. The highest BCUT2D eigenvalue weighted by Crippen LogP contribution is 2.27. The van der Waals surface area contributed by atoms with Crippen LogP contribution in [0.5, 0.6) is 0 Å². The molecule has 2 N–H and O–H groups in total. The molecule has 0 radical (unpaired) electrons. The predicted molar refractivity (Wildman–Crippen MR) is 65.1 cm³/mol. The first-order valence-electron chi connectivity index (χ1n) is 5.74. The van der Waals surface area contributed by atoms with Crippen molar-refractivity contribution in [2.45, 2.75) is 32.2 Å². The summed E-state index contributed by atoms with van der Waals surface area (Å²) in [6, 6.07) is 3.66. The molecule has 1 atom stereocenters. The van der Waals surface area contributed by atoms with Crippen LogP contribution in [0.25, 0.3) is 0 Å². The van der Waals surface area contributed by atoms with Crippen LogP contribution in [0.15, 0.2) is 12.1 Å². The van der Waals surface area contributed by atoms with Gasteiger partial charge in [0, 0.05) is 12.1 Å². The van der Waals surface area contributed by atoms with Crippen molar-refractivity contribution < 1.29 is 13.9 Å². The maximum atomic E-state index is 13.7. The highest BCUT2D eigenvalue weighted by molar-refractivity contribution is 5.51. The van der Waals surface area contributed by atoms with Crippen molar-refractivity contribution in [2.75, 3.05) is 11.9 Å². The van der Waals surface area contributed by atoms with E-state index >= 15 is 0 Å². The SMILES string of the molecule is CCC(C)(CCO)Nc1c(F)cc(C#N)cc1F. The molecule has 1 aromatic carbocycles. The van der Waals surface area contributed by atoms with Gasteiger partial charge in [0.05, 0.1) is 11.6 Å². The monoisotopic (exact) mass is 254 g/mol. The molecule has 0 aromatic heterocycles. The van der Waals surface area contributed by atoms with Gasteiger partial charge in [-0.25, -0.2) is 8.78 Å². The summed E-state index contributed by atoms with van der Waals surface area (Å²) in [5, 5.41) is 20.3. The molecule has 0 fully saturated rings. The second-order valence-electron chi connectivity index (χ2n) is 4.44. The topological polar surface area (TPSA) is 56.0 Å². The summed E-state index contributed by atoms with van der Waals surface area (Å²) in [6.07, 6.45) is 0.981. The number of nitrogens with one attached hydrogen (secondary N) is 1. The van der Waals surface area contributed by atoms with Crippen LogP contribution in [0.1, 0.15) is 32.3 Å². The van der Waals surface area contributed by atoms with Crippen LogP contribution in [-0.4, -0.2) is 17.3 Å². The fourth-order valence-electron chi connectivity index (χ4n) is 1.63. The summed E-state index contributed by atoms with van der Waals surface area (Å²) in [4.78, 5) is 0. The Balaban J connectivity index is 3.08. The molecule has 1 aromatic rings. The first kappa shape index (κ1) is 14.4. The van der Waals surface area contributed by atoms with Crippen LogP contribution in [0.4, 0.5) is 14.5 Å². The Morgan fingerprint density at radius 3 is 2.33 bits per heavy atom. The van der Waals surface area contributed by atoms with Gasteiger partial charge >= 0.3 is 0 Å². The van der Waals surface area contributed by atoms with Crippen LogP contribution in [0.3, 0.4) is 0 Å². The van der Waals surface area contributed by atoms with Crippen LogP contribution < -0.4 is 5.32 Å². The Morgan fingerprint density at radius 1 is 1.39 bits per heavy atom. The van der Waals surface area contributed by atoms with Gasteiger partial charge in [0.15, 0.2) is 11.6 Å². The Labute approximate surface area is 105 Å². The van der Waals surface area contributed by atoms with E-state index in [1.54, 1.807) is 13.0 Å². The van der Waals surface area contributed by atoms with E-state index < -0.39 is 17.2 Å². The fraction of sp³-hybridized carbons (Fsp3) is 0.462. The quantitative estimate of drug-likeness (QED) is 0.849. The number of anilines is 1. The van der Waals surface area contributed by atoms with Gasteiger partial charge in [-0.2, -0.15) is 5.26 Å². The second kappa shape index (κ2) is 5.78. The Bertz CT molecular complexity index is 448. The molecule has 0 saturated carbocycles. The third kappa shape index (κ3) is 3.17. The van der Waals surface area contributed by atoms with Crippen molar-refractivity contribution in [3.63, 3.8) is 0 Å². The van der Waals surface area contributed by atoms with Gasteiger partial charge in [-0.1, -0.05) is 6.92 Å². The van der Waals surface area contributed by atoms with Crippen molar-refractivity contribution in [1.29, 1.82) is 5.26 Å². The maximum Gasteiger partial charge on any atom is 0.150 e. The number of benzene rings is 1. The van der Waals surface area contributed by atoms with Crippen molar-refractivity contribution in [2.24, 2.45) is 0 Å². The number of aliphatic hydroxyl groups excluding tert-OH is 1. The molecule has 5 heteroatoms. The number of hydrogen-bond donors (Lipinski definition) is 2. The molecular weight excluding hydrogens is 238 g/mol. The number of rotatable bonds is 5. The Kier molecular flexibility index (Phi) is 4.62. The number of halogens is 2. The molecular formula is C13H16F2N2O. The zero-order valence-electron chi connectivity index (χ0n) is 10.4. The lowest BCUT2D eigenvalue weighted by Gasteiger charge is -2.30. The van der Waals surface area contributed by atoms with E-state index in [1.165, 1.54) is 0 Å². The smallest absolute Gasteiger partial charge is 0.150 e. The van der Waals surface area contributed by atoms with E-state index in [-0.39, 0.29) is 17.9 Å². The summed E-state index contributed by atoms with van der Waals surface area (Å²) in [6.45, 7) is 3.57. The first-order valence-corrected chi connectivity index (χ1v) is 5.74. The minimum Gasteiger partial charge on any atom is -0.396 e. The molecule has 0 saturated heterocycles. The van der Waals surface area contributed by atoms with Gasteiger partial charge in [0.2, 0.25) is 0 Å². The van der Waals surface area contributed by atoms with Crippen molar-refractivity contribution in [1.82, 2.24) is 0 Å². The molecule has 0 aliphatic carbocycles. The lowest BCUT2D eigenvalue weighted by atomic mass is 9.94. The zero-order valence-corrected chi connectivity index (χ0v) is 10.4. The Morgan fingerprint density at radius 2 is 1.94 bits per heavy atom. The molecule has 1 unspecified atom stereocenters. The second-order valence-corrected chi connectivity index (χ2v) is 4.44. The fourth-order valence-corrected chi connectivity index (χ4v) is 1.63. The average Bonchev–Trinajstić information content (AvgIpc) is 2.34. The van der Waals surface area contributed by atoms with Crippen molar-refractivity contribution in [3.8, 4) is 6.07 Å². The van der Waals surface area contributed by atoms with Crippen LogP contribution in [0.2, 0.25) is 0 Å². The molecule has 3 nitrogen and oxygen atoms in total.